The Hall–Kier alpha value is -1.61. The van der Waals surface area contributed by atoms with E-state index < -0.39 is 0 Å². The molecule has 0 radical (unpaired) electrons. The van der Waals surface area contributed by atoms with Crippen LogP contribution in [0.1, 0.15) is 40.4 Å². The lowest BCUT2D eigenvalue weighted by molar-refractivity contribution is 0.609. The highest BCUT2D eigenvalue weighted by Crippen LogP contribution is 2.25. The van der Waals surface area contributed by atoms with Crippen molar-refractivity contribution in [2.45, 2.75) is 39.7 Å². The van der Waals surface area contributed by atoms with Crippen LogP contribution in [-0.4, -0.2) is 9.78 Å². The van der Waals surface area contributed by atoms with Gasteiger partial charge >= 0.3 is 0 Å². The van der Waals surface area contributed by atoms with Crippen molar-refractivity contribution in [2.24, 2.45) is 12.8 Å². The largest absolute Gasteiger partial charge is 0.324 e. The van der Waals surface area contributed by atoms with Crippen LogP contribution in [0.25, 0.3) is 0 Å². The molecule has 19 heavy (non-hydrogen) atoms. The zero-order valence-electron chi connectivity index (χ0n) is 12.3. The van der Waals surface area contributed by atoms with E-state index >= 15 is 0 Å². The zero-order chi connectivity index (χ0) is 14.0. The average Bonchev–Trinajstić information content (AvgIpc) is 2.70. The van der Waals surface area contributed by atoms with Crippen LogP contribution >= 0.6 is 0 Å². The first-order valence-corrected chi connectivity index (χ1v) is 6.79. The molecular weight excluding hydrogens is 234 g/mol. The average molecular weight is 257 g/mol. The molecule has 0 spiro atoms. The van der Waals surface area contributed by atoms with Crippen molar-refractivity contribution < 1.29 is 0 Å². The summed E-state index contributed by atoms with van der Waals surface area (Å²) in [7, 11) is 1.98. The van der Waals surface area contributed by atoms with Gasteiger partial charge in [0.25, 0.3) is 0 Å². The summed E-state index contributed by atoms with van der Waals surface area (Å²) in [6.07, 6.45) is 3.75. The molecule has 0 aliphatic rings. The molecule has 0 aliphatic carbocycles. The van der Waals surface area contributed by atoms with E-state index in [9.17, 15) is 0 Å². The Morgan fingerprint density at radius 2 is 1.84 bits per heavy atom. The van der Waals surface area contributed by atoms with E-state index in [0.717, 1.165) is 12.8 Å². The van der Waals surface area contributed by atoms with Gasteiger partial charge in [-0.05, 0) is 56.4 Å². The SMILES string of the molecule is Cc1cc(C)c(C(N)CCc2ccnn2C)c(C)c1. The van der Waals surface area contributed by atoms with Crippen molar-refractivity contribution in [1.82, 2.24) is 9.78 Å². The molecule has 102 valence electrons. The van der Waals surface area contributed by atoms with E-state index in [-0.39, 0.29) is 6.04 Å². The van der Waals surface area contributed by atoms with Crippen LogP contribution in [0, 0.1) is 20.8 Å². The lowest BCUT2D eigenvalue weighted by Crippen LogP contribution is -2.15. The van der Waals surface area contributed by atoms with Crippen molar-refractivity contribution in [3.8, 4) is 0 Å². The second-order valence-electron chi connectivity index (χ2n) is 5.40. The van der Waals surface area contributed by atoms with Gasteiger partial charge in [-0.1, -0.05) is 17.7 Å². The van der Waals surface area contributed by atoms with Crippen molar-refractivity contribution in [2.75, 3.05) is 0 Å². The molecule has 2 N–H and O–H groups in total. The van der Waals surface area contributed by atoms with Gasteiger partial charge in [-0.2, -0.15) is 5.10 Å². The van der Waals surface area contributed by atoms with Crippen molar-refractivity contribution in [1.29, 1.82) is 0 Å². The first kappa shape index (κ1) is 13.8. The Bertz CT molecular complexity index is 546. The Kier molecular flexibility index (Phi) is 4.05. The van der Waals surface area contributed by atoms with Gasteiger partial charge in [0.1, 0.15) is 0 Å². The molecule has 0 aliphatic heterocycles. The summed E-state index contributed by atoms with van der Waals surface area (Å²) >= 11 is 0. The number of benzene rings is 1. The van der Waals surface area contributed by atoms with Crippen LogP contribution in [-0.2, 0) is 13.5 Å². The second kappa shape index (κ2) is 5.57. The van der Waals surface area contributed by atoms with Crippen LogP contribution in [0.5, 0.6) is 0 Å². The molecule has 0 saturated heterocycles. The molecule has 0 amide bonds. The monoisotopic (exact) mass is 257 g/mol. The minimum atomic E-state index is 0.0931. The predicted molar refractivity (Wildman–Crippen MR) is 79.1 cm³/mol. The first-order chi connectivity index (χ1) is 8.99. The Labute approximate surface area is 115 Å². The standard InChI is InChI=1S/C16H23N3/c1-11-9-12(2)16(13(3)10-11)15(17)6-5-14-7-8-18-19(14)4/h7-10,15H,5-6,17H2,1-4H3. The first-order valence-electron chi connectivity index (χ1n) is 6.79. The Morgan fingerprint density at radius 1 is 1.21 bits per heavy atom. The molecule has 0 fully saturated rings. The number of aryl methyl sites for hydroxylation is 5. The van der Waals surface area contributed by atoms with Crippen LogP contribution in [0.15, 0.2) is 24.4 Å². The molecular formula is C16H23N3. The van der Waals surface area contributed by atoms with Crippen LogP contribution < -0.4 is 5.73 Å². The summed E-state index contributed by atoms with van der Waals surface area (Å²) in [5.41, 5.74) is 12.8. The number of rotatable bonds is 4. The normalized spacial score (nSPS) is 12.7. The number of aromatic nitrogens is 2. The molecule has 1 aromatic heterocycles. The van der Waals surface area contributed by atoms with Gasteiger partial charge in [-0.15, -0.1) is 0 Å². The Balaban J connectivity index is 2.12. The molecule has 1 atom stereocenters. The van der Waals surface area contributed by atoms with Crippen LogP contribution in [0.2, 0.25) is 0 Å². The maximum atomic E-state index is 6.38. The van der Waals surface area contributed by atoms with Crippen LogP contribution in [0.3, 0.4) is 0 Å². The van der Waals surface area contributed by atoms with Gasteiger partial charge in [0, 0.05) is 25.0 Å². The van der Waals surface area contributed by atoms with E-state index in [1.807, 2.05) is 17.9 Å². The third-order valence-electron chi connectivity index (χ3n) is 3.74. The number of nitrogens with zero attached hydrogens (tertiary/aromatic N) is 2. The van der Waals surface area contributed by atoms with Crippen LogP contribution in [0.4, 0.5) is 0 Å². The second-order valence-corrected chi connectivity index (χ2v) is 5.40. The minimum Gasteiger partial charge on any atom is -0.324 e. The minimum absolute atomic E-state index is 0.0931. The fraction of sp³-hybridized carbons (Fsp3) is 0.438. The quantitative estimate of drug-likeness (QED) is 0.915. The molecule has 2 aromatic rings. The highest BCUT2D eigenvalue weighted by Gasteiger charge is 2.13. The van der Waals surface area contributed by atoms with E-state index in [0.29, 0.717) is 0 Å². The lowest BCUT2D eigenvalue weighted by atomic mass is 9.92. The van der Waals surface area contributed by atoms with Gasteiger partial charge in [-0.3, -0.25) is 4.68 Å². The van der Waals surface area contributed by atoms with Crippen molar-refractivity contribution in [3.63, 3.8) is 0 Å². The highest BCUT2D eigenvalue weighted by atomic mass is 15.2. The van der Waals surface area contributed by atoms with Crippen molar-refractivity contribution >= 4 is 0 Å². The van der Waals surface area contributed by atoms with Gasteiger partial charge in [0.15, 0.2) is 0 Å². The smallest absolute Gasteiger partial charge is 0.0492 e. The molecule has 3 heteroatoms. The number of hydrogen-bond donors (Lipinski definition) is 1. The van der Waals surface area contributed by atoms with E-state index in [1.54, 1.807) is 0 Å². The maximum Gasteiger partial charge on any atom is 0.0492 e. The molecule has 1 unspecified atom stereocenters. The summed E-state index contributed by atoms with van der Waals surface area (Å²) in [5.74, 6) is 0. The van der Waals surface area contributed by atoms with E-state index in [2.05, 4.69) is 44.1 Å². The van der Waals surface area contributed by atoms with Gasteiger partial charge < -0.3 is 5.73 Å². The summed E-state index contributed by atoms with van der Waals surface area (Å²) in [6.45, 7) is 6.43. The third kappa shape index (κ3) is 3.04. The molecule has 3 nitrogen and oxygen atoms in total. The van der Waals surface area contributed by atoms with E-state index in [4.69, 9.17) is 5.73 Å². The predicted octanol–water partition coefficient (Wildman–Crippen LogP) is 2.98. The molecule has 0 saturated carbocycles. The van der Waals surface area contributed by atoms with Crippen molar-refractivity contribution in [3.05, 3.63) is 52.3 Å². The summed E-state index contributed by atoms with van der Waals surface area (Å²) in [4.78, 5) is 0. The molecule has 0 bridgehead atoms. The summed E-state index contributed by atoms with van der Waals surface area (Å²) < 4.78 is 1.92. The fourth-order valence-electron chi connectivity index (χ4n) is 2.87. The number of nitrogens with two attached hydrogens (primary N) is 1. The topological polar surface area (TPSA) is 43.8 Å². The third-order valence-corrected chi connectivity index (χ3v) is 3.74. The lowest BCUT2D eigenvalue weighted by Gasteiger charge is -2.18. The van der Waals surface area contributed by atoms with Gasteiger partial charge in [0.05, 0.1) is 0 Å². The fourth-order valence-corrected chi connectivity index (χ4v) is 2.87. The summed E-state index contributed by atoms with van der Waals surface area (Å²) in [6, 6.07) is 6.58. The Morgan fingerprint density at radius 3 is 2.37 bits per heavy atom. The molecule has 2 rings (SSSR count). The van der Waals surface area contributed by atoms with E-state index in [1.165, 1.54) is 27.9 Å². The van der Waals surface area contributed by atoms with Gasteiger partial charge in [-0.25, -0.2) is 0 Å². The number of hydrogen-bond acceptors (Lipinski definition) is 2. The molecule has 1 heterocycles. The summed E-state index contributed by atoms with van der Waals surface area (Å²) in [5, 5.41) is 4.19. The molecule has 1 aromatic carbocycles. The highest BCUT2D eigenvalue weighted by molar-refractivity contribution is 5.39. The maximum absolute atomic E-state index is 6.38. The van der Waals surface area contributed by atoms with Gasteiger partial charge in [0.2, 0.25) is 0 Å². The zero-order valence-corrected chi connectivity index (χ0v) is 12.3.